The standard InChI is InChI=1S/C16H22FNO2/c17-15-9-2-1-5-12(15)7-4-10-18-16(20)13-6-3-8-14(19)11-13/h1-2,5,9,13-14,19H,3-4,6-8,10-11H2,(H,18,20)/t13-,14-/m0/s1. The molecule has 110 valence electrons. The number of hydrogen-bond acceptors (Lipinski definition) is 2. The molecule has 1 aliphatic rings. The molecular formula is C16H22FNO2. The van der Waals surface area contributed by atoms with Gasteiger partial charge in [0.05, 0.1) is 6.10 Å². The van der Waals surface area contributed by atoms with Crippen molar-refractivity contribution in [2.24, 2.45) is 5.92 Å². The van der Waals surface area contributed by atoms with Gasteiger partial charge in [-0.15, -0.1) is 0 Å². The second kappa shape index (κ2) is 7.39. The van der Waals surface area contributed by atoms with Crippen molar-refractivity contribution in [3.05, 3.63) is 35.6 Å². The molecule has 2 N–H and O–H groups in total. The van der Waals surface area contributed by atoms with Gasteiger partial charge in [-0.25, -0.2) is 4.39 Å². The minimum atomic E-state index is -0.335. The van der Waals surface area contributed by atoms with Crippen LogP contribution in [0.25, 0.3) is 0 Å². The quantitative estimate of drug-likeness (QED) is 0.813. The highest BCUT2D eigenvalue weighted by molar-refractivity contribution is 5.78. The van der Waals surface area contributed by atoms with Gasteiger partial charge in [0.2, 0.25) is 5.91 Å². The van der Waals surface area contributed by atoms with Gasteiger partial charge in [-0.3, -0.25) is 4.79 Å². The van der Waals surface area contributed by atoms with Gasteiger partial charge >= 0.3 is 0 Å². The first-order chi connectivity index (χ1) is 9.66. The number of aryl methyl sites for hydroxylation is 1. The highest BCUT2D eigenvalue weighted by atomic mass is 19.1. The van der Waals surface area contributed by atoms with E-state index < -0.39 is 0 Å². The number of carbonyl (C=O) groups excluding carboxylic acids is 1. The van der Waals surface area contributed by atoms with Crippen molar-refractivity contribution in [3.8, 4) is 0 Å². The van der Waals surface area contributed by atoms with Crippen molar-refractivity contribution in [1.82, 2.24) is 5.32 Å². The van der Waals surface area contributed by atoms with Crippen LogP contribution in [-0.2, 0) is 11.2 Å². The number of halogens is 1. The van der Waals surface area contributed by atoms with Gasteiger partial charge in [0, 0.05) is 12.5 Å². The summed E-state index contributed by atoms with van der Waals surface area (Å²) in [6.07, 6.45) is 4.15. The van der Waals surface area contributed by atoms with E-state index in [-0.39, 0.29) is 23.7 Å². The highest BCUT2D eigenvalue weighted by Gasteiger charge is 2.25. The molecule has 1 saturated carbocycles. The van der Waals surface area contributed by atoms with Crippen LogP contribution in [0.4, 0.5) is 4.39 Å². The lowest BCUT2D eigenvalue weighted by Gasteiger charge is -2.24. The van der Waals surface area contributed by atoms with Crippen LogP contribution in [0, 0.1) is 11.7 Å². The minimum absolute atomic E-state index is 0.0253. The summed E-state index contributed by atoms with van der Waals surface area (Å²) in [5.74, 6) is -0.223. The number of aliphatic hydroxyl groups excluding tert-OH is 1. The average Bonchev–Trinajstić information content (AvgIpc) is 2.45. The Balaban J connectivity index is 1.68. The van der Waals surface area contributed by atoms with Crippen molar-refractivity contribution < 1.29 is 14.3 Å². The van der Waals surface area contributed by atoms with Crippen molar-refractivity contribution in [1.29, 1.82) is 0 Å². The fourth-order valence-corrected chi connectivity index (χ4v) is 2.74. The number of amides is 1. The summed E-state index contributed by atoms with van der Waals surface area (Å²) in [5.41, 5.74) is 0.690. The molecular weight excluding hydrogens is 257 g/mol. The van der Waals surface area contributed by atoms with Crippen LogP contribution in [0.1, 0.15) is 37.7 Å². The average molecular weight is 279 g/mol. The molecule has 0 radical (unpaired) electrons. The maximum Gasteiger partial charge on any atom is 0.223 e. The Morgan fingerprint density at radius 2 is 2.15 bits per heavy atom. The van der Waals surface area contributed by atoms with E-state index in [0.717, 1.165) is 25.7 Å². The molecule has 20 heavy (non-hydrogen) atoms. The third kappa shape index (κ3) is 4.30. The number of hydrogen-bond donors (Lipinski definition) is 2. The van der Waals surface area contributed by atoms with Gasteiger partial charge in [-0.2, -0.15) is 0 Å². The summed E-state index contributed by atoms with van der Waals surface area (Å²) < 4.78 is 13.4. The minimum Gasteiger partial charge on any atom is -0.393 e. The summed E-state index contributed by atoms with van der Waals surface area (Å²) in [4.78, 5) is 11.9. The van der Waals surface area contributed by atoms with Crippen molar-refractivity contribution in [2.75, 3.05) is 6.54 Å². The van der Waals surface area contributed by atoms with Crippen molar-refractivity contribution >= 4 is 5.91 Å². The number of benzene rings is 1. The molecule has 1 aromatic carbocycles. The van der Waals surface area contributed by atoms with Gasteiger partial charge in [-0.1, -0.05) is 24.6 Å². The summed E-state index contributed by atoms with van der Waals surface area (Å²) >= 11 is 0. The second-order valence-corrected chi connectivity index (χ2v) is 5.50. The topological polar surface area (TPSA) is 49.3 Å². The molecule has 0 unspecified atom stereocenters. The zero-order valence-electron chi connectivity index (χ0n) is 11.6. The van der Waals surface area contributed by atoms with Crippen LogP contribution in [0.5, 0.6) is 0 Å². The highest BCUT2D eigenvalue weighted by Crippen LogP contribution is 2.24. The first-order valence-electron chi connectivity index (χ1n) is 7.36. The Hall–Kier alpha value is -1.42. The molecule has 0 aromatic heterocycles. The molecule has 0 aliphatic heterocycles. The van der Waals surface area contributed by atoms with Gasteiger partial charge in [0.1, 0.15) is 5.82 Å². The molecule has 1 amide bonds. The Kier molecular flexibility index (Phi) is 5.53. The molecule has 2 atom stereocenters. The molecule has 1 aromatic rings. The maximum atomic E-state index is 13.4. The summed E-state index contributed by atoms with van der Waals surface area (Å²) in [6, 6.07) is 6.72. The van der Waals surface area contributed by atoms with E-state index in [0.29, 0.717) is 24.9 Å². The van der Waals surface area contributed by atoms with Crippen LogP contribution in [0.15, 0.2) is 24.3 Å². The molecule has 2 rings (SSSR count). The first kappa shape index (κ1) is 15.0. The van der Waals surface area contributed by atoms with E-state index >= 15 is 0 Å². The SMILES string of the molecule is O=C(NCCCc1ccccc1F)[C@H]1CCC[C@H](O)C1. The smallest absolute Gasteiger partial charge is 0.223 e. The van der Waals surface area contributed by atoms with E-state index in [4.69, 9.17) is 0 Å². The Labute approximate surface area is 119 Å². The van der Waals surface area contributed by atoms with Crippen molar-refractivity contribution in [2.45, 2.75) is 44.6 Å². The molecule has 1 fully saturated rings. The Morgan fingerprint density at radius 3 is 2.90 bits per heavy atom. The predicted octanol–water partition coefficient (Wildman–Crippen LogP) is 2.43. The lowest BCUT2D eigenvalue weighted by molar-refractivity contribution is -0.127. The van der Waals surface area contributed by atoms with Crippen LogP contribution in [-0.4, -0.2) is 23.7 Å². The van der Waals surface area contributed by atoms with E-state index in [2.05, 4.69) is 5.32 Å². The predicted molar refractivity (Wildman–Crippen MR) is 75.7 cm³/mol. The summed E-state index contributed by atoms with van der Waals surface area (Å²) in [7, 11) is 0. The number of nitrogens with one attached hydrogen (secondary N) is 1. The van der Waals surface area contributed by atoms with Crippen LogP contribution >= 0.6 is 0 Å². The van der Waals surface area contributed by atoms with Gasteiger partial charge < -0.3 is 10.4 Å². The van der Waals surface area contributed by atoms with E-state index in [1.807, 2.05) is 6.07 Å². The summed E-state index contributed by atoms with van der Waals surface area (Å²) in [5, 5.41) is 12.4. The second-order valence-electron chi connectivity index (χ2n) is 5.50. The number of rotatable bonds is 5. The van der Waals surface area contributed by atoms with E-state index in [1.165, 1.54) is 6.07 Å². The van der Waals surface area contributed by atoms with E-state index in [9.17, 15) is 14.3 Å². The summed E-state index contributed by atoms with van der Waals surface area (Å²) in [6.45, 7) is 0.555. The monoisotopic (exact) mass is 279 g/mol. The lowest BCUT2D eigenvalue weighted by atomic mass is 9.86. The zero-order chi connectivity index (χ0) is 14.4. The third-order valence-electron chi connectivity index (χ3n) is 3.90. The molecule has 3 nitrogen and oxygen atoms in total. The molecule has 1 aliphatic carbocycles. The van der Waals surface area contributed by atoms with Gasteiger partial charge in [-0.05, 0) is 43.7 Å². The zero-order valence-corrected chi connectivity index (χ0v) is 11.6. The largest absolute Gasteiger partial charge is 0.393 e. The van der Waals surface area contributed by atoms with Gasteiger partial charge in [0.25, 0.3) is 0 Å². The molecule has 0 saturated heterocycles. The molecule has 0 heterocycles. The molecule has 0 spiro atoms. The van der Waals surface area contributed by atoms with Crippen LogP contribution in [0.3, 0.4) is 0 Å². The molecule has 0 bridgehead atoms. The third-order valence-corrected chi connectivity index (χ3v) is 3.90. The van der Waals surface area contributed by atoms with Gasteiger partial charge in [0.15, 0.2) is 0 Å². The Morgan fingerprint density at radius 1 is 1.35 bits per heavy atom. The fourth-order valence-electron chi connectivity index (χ4n) is 2.74. The van der Waals surface area contributed by atoms with E-state index in [1.54, 1.807) is 12.1 Å². The Bertz CT molecular complexity index is 450. The van der Waals surface area contributed by atoms with Crippen LogP contribution in [0.2, 0.25) is 0 Å². The number of aliphatic hydroxyl groups is 1. The maximum absolute atomic E-state index is 13.4. The first-order valence-corrected chi connectivity index (χ1v) is 7.36. The molecule has 4 heteroatoms. The van der Waals surface area contributed by atoms with Crippen molar-refractivity contribution in [3.63, 3.8) is 0 Å². The fraction of sp³-hybridized carbons (Fsp3) is 0.562. The lowest BCUT2D eigenvalue weighted by Crippen LogP contribution is -2.35. The number of carbonyl (C=O) groups is 1. The normalized spacial score (nSPS) is 22.5. The van der Waals surface area contributed by atoms with Crippen LogP contribution < -0.4 is 5.32 Å².